The molecule has 0 fully saturated rings. The van der Waals surface area contributed by atoms with E-state index in [0.717, 1.165) is 5.82 Å². The predicted molar refractivity (Wildman–Crippen MR) is 70.3 cm³/mol. The summed E-state index contributed by atoms with van der Waals surface area (Å²) in [7, 11) is 0. The number of carbonyl (C=O) groups excluding carboxylic acids is 1. The second-order valence-electron chi connectivity index (χ2n) is 3.89. The molecule has 20 heavy (non-hydrogen) atoms. The van der Waals surface area contributed by atoms with E-state index in [-0.39, 0.29) is 18.2 Å². The molecule has 0 unspecified atom stereocenters. The Labute approximate surface area is 120 Å². The fourth-order valence-electron chi connectivity index (χ4n) is 1.76. The summed E-state index contributed by atoms with van der Waals surface area (Å²) in [6.07, 6.45) is 1.47. The molecule has 0 spiro atoms. The van der Waals surface area contributed by atoms with Crippen molar-refractivity contribution >= 4 is 17.6 Å². The summed E-state index contributed by atoms with van der Waals surface area (Å²) < 4.78 is 8.19. The van der Waals surface area contributed by atoms with Crippen molar-refractivity contribution in [2.75, 3.05) is 6.61 Å². The number of nitrogens with zero attached hydrogens (tertiary/aromatic N) is 6. The van der Waals surface area contributed by atoms with Crippen LogP contribution < -0.4 is 0 Å². The maximum atomic E-state index is 11.7. The van der Waals surface area contributed by atoms with Crippen molar-refractivity contribution in [1.29, 1.82) is 0 Å². The SMILES string of the molecule is CCOC(=O)c1nnn(Cc2ncnn2CC)c1CCl. The van der Waals surface area contributed by atoms with Gasteiger partial charge in [0.1, 0.15) is 18.7 Å². The normalized spacial score (nSPS) is 10.8. The number of alkyl halides is 1. The number of aryl methyl sites for hydroxylation is 1. The van der Waals surface area contributed by atoms with Gasteiger partial charge in [-0.15, -0.1) is 16.7 Å². The van der Waals surface area contributed by atoms with E-state index in [9.17, 15) is 4.79 Å². The third-order valence-corrected chi connectivity index (χ3v) is 2.97. The molecule has 0 aliphatic rings. The minimum atomic E-state index is -0.522. The average molecular weight is 299 g/mol. The van der Waals surface area contributed by atoms with Crippen LogP contribution >= 0.6 is 11.6 Å². The second kappa shape index (κ2) is 6.47. The number of hydrogen-bond acceptors (Lipinski definition) is 6. The van der Waals surface area contributed by atoms with E-state index in [4.69, 9.17) is 16.3 Å². The van der Waals surface area contributed by atoms with Gasteiger partial charge in [-0.05, 0) is 13.8 Å². The van der Waals surface area contributed by atoms with Gasteiger partial charge in [0.25, 0.3) is 0 Å². The van der Waals surface area contributed by atoms with Crippen LogP contribution in [0.5, 0.6) is 0 Å². The molecule has 0 radical (unpaired) electrons. The first-order chi connectivity index (χ1) is 9.71. The Bertz CT molecular complexity index is 594. The van der Waals surface area contributed by atoms with Crippen LogP contribution in [0, 0.1) is 0 Å². The van der Waals surface area contributed by atoms with Crippen molar-refractivity contribution in [3.05, 3.63) is 23.5 Å². The molecule has 9 heteroatoms. The van der Waals surface area contributed by atoms with Crippen molar-refractivity contribution in [2.24, 2.45) is 0 Å². The number of aromatic nitrogens is 6. The highest BCUT2D eigenvalue weighted by atomic mass is 35.5. The van der Waals surface area contributed by atoms with E-state index in [1.54, 1.807) is 11.6 Å². The van der Waals surface area contributed by atoms with Crippen molar-refractivity contribution in [3.8, 4) is 0 Å². The number of carbonyl (C=O) groups is 1. The maximum absolute atomic E-state index is 11.7. The average Bonchev–Trinajstić information content (AvgIpc) is 3.05. The topological polar surface area (TPSA) is 87.7 Å². The van der Waals surface area contributed by atoms with Gasteiger partial charge in [-0.1, -0.05) is 5.21 Å². The fourth-order valence-corrected chi connectivity index (χ4v) is 2.02. The lowest BCUT2D eigenvalue weighted by atomic mass is 10.3. The molecule has 0 amide bonds. The van der Waals surface area contributed by atoms with Gasteiger partial charge in [-0.3, -0.25) is 0 Å². The smallest absolute Gasteiger partial charge is 0.360 e. The molecule has 0 bridgehead atoms. The number of rotatable bonds is 6. The van der Waals surface area contributed by atoms with Crippen molar-refractivity contribution in [2.45, 2.75) is 32.8 Å². The highest BCUT2D eigenvalue weighted by molar-refractivity contribution is 6.17. The highest BCUT2D eigenvalue weighted by Crippen LogP contribution is 2.12. The molecular formula is C11H15ClN6O2. The molecule has 0 aliphatic heterocycles. The lowest BCUT2D eigenvalue weighted by Crippen LogP contribution is -2.13. The summed E-state index contributed by atoms with van der Waals surface area (Å²) in [5.74, 6) is 0.312. The van der Waals surface area contributed by atoms with Crippen LogP contribution in [0.15, 0.2) is 6.33 Å². The molecule has 0 N–H and O–H groups in total. The van der Waals surface area contributed by atoms with Crippen LogP contribution in [0.3, 0.4) is 0 Å². The molecule has 2 rings (SSSR count). The van der Waals surface area contributed by atoms with Crippen molar-refractivity contribution in [1.82, 2.24) is 29.8 Å². The molecular weight excluding hydrogens is 284 g/mol. The second-order valence-corrected chi connectivity index (χ2v) is 4.16. The number of ether oxygens (including phenoxy) is 1. The minimum absolute atomic E-state index is 0.113. The van der Waals surface area contributed by atoms with Gasteiger partial charge < -0.3 is 4.74 Å². The molecule has 8 nitrogen and oxygen atoms in total. The summed E-state index contributed by atoms with van der Waals surface area (Å²) in [4.78, 5) is 15.9. The fraction of sp³-hybridized carbons (Fsp3) is 0.545. The summed E-state index contributed by atoms with van der Waals surface area (Å²) >= 11 is 5.89. The van der Waals surface area contributed by atoms with Crippen LogP contribution in [0.4, 0.5) is 0 Å². The summed E-state index contributed by atoms with van der Waals surface area (Å²) in [6.45, 7) is 5.02. The van der Waals surface area contributed by atoms with Crippen molar-refractivity contribution in [3.63, 3.8) is 0 Å². The van der Waals surface area contributed by atoms with Crippen LogP contribution in [0.1, 0.15) is 35.9 Å². The highest BCUT2D eigenvalue weighted by Gasteiger charge is 2.21. The van der Waals surface area contributed by atoms with Crippen molar-refractivity contribution < 1.29 is 9.53 Å². The van der Waals surface area contributed by atoms with E-state index in [1.165, 1.54) is 11.0 Å². The van der Waals surface area contributed by atoms with E-state index >= 15 is 0 Å². The van der Waals surface area contributed by atoms with Gasteiger partial charge in [-0.25, -0.2) is 19.1 Å². The zero-order valence-corrected chi connectivity index (χ0v) is 12.0. The molecule has 0 aliphatic carbocycles. The molecule has 2 heterocycles. The first-order valence-electron chi connectivity index (χ1n) is 6.23. The predicted octanol–water partition coefficient (Wildman–Crippen LogP) is 0.853. The summed E-state index contributed by atoms with van der Waals surface area (Å²) in [5.41, 5.74) is 0.653. The number of halogens is 1. The zero-order valence-electron chi connectivity index (χ0n) is 11.3. The van der Waals surface area contributed by atoms with Gasteiger partial charge in [-0.2, -0.15) is 5.10 Å². The van der Waals surface area contributed by atoms with E-state index in [0.29, 0.717) is 18.8 Å². The lowest BCUT2D eigenvalue weighted by molar-refractivity contribution is 0.0518. The van der Waals surface area contributed by atoms with Gasteiger partial charge in [0.15, 0.2) is 5.69 Å². The van der Waals surface area contributed by atoms with E-state index < -0.39 is 5.97 Å². The van der Waals surface area contributed by atoms with Gasteiger partial charge >= 0.3 is 5.97 Å². The Morgan fingerprint density at radius 2 is 2.20 bits per heavy atom. The monoisotopic (exact) mass is 298 g/mol. The maximum Gasteiger partial charge on any atom is 0.360 e. The van der Waals surface area contributed by atoms with Crippen LogP contribution in [-0.2, 0) is 23.7 Å². The quantitative estimate of drug-likeness (QED) is 0.580. The Balaban J connectivity index is 2.27. The standard InChI is InChI=1S/C11H15ClN6O2/c1-3-17-9(13-7-14-17)6-18-8(5-12)10(15-16-18)11(19)20-4-2/h7H,3-6H2,1-2H3. The summed E-state index contributed by atoms with van der Waals surface area (Å²) in [6, 6.07) is 0. The number of hydrogen-bond donors (Lipinski definition) is 0. The third kappa shape index (κ3) is 2.79. The third-order valence-electron chi connectivity index (χ3n) is 2.72. The minimum Gasteiger partial charge on any atom is -0.461 e. The van der Waals surface area contributed by atoms with E-state index in [1.807, 2.05) is 6.92 Å². The van der Waals surface area contributed by atoms with Crippen LogP contribution in [0.2, 0.25) is 0 Å². The number of esters is 1. The molecule has 0 saturated carbocycles. The van der Waals surface area contributed by atoms with E-state index in [2.05, 4.69) is 20.4 Å². The summed E-state index contributed by atoms with van der Waals surface area (Å²) in [5, 5.41) is 11.9. The molecule has 108 valence electrons. The largest absolute Gasteiger partial charge is 0.461 e. The molecule has 0 saturated heterocycles. The van der Waals surface area contributed by atoms with Crippen LogP contribution in [0.25, 0.3) is 0 Å². The lowest BCUT2D eigenvalue weighted by Gasteiger charge is -2.06. The Hall–Kier alpha value is -1.96. The van der Waals surface area contributed by atoms with Gasteiger partial charge in [0, 0.05) is 6.54 Å². The van der Waals surface area contributed by atoms with Crippen LogP contribution in [-0.4, -0.2) is 42.3 Å². The Kier molecular flexibility index (Phi) is 4.67. The zero-order chi connectivity index (χ0) is 14.5. The first-order valence-corrected chi connectivity index (χ1v) is 6.76. The van der Waals surface area contributed by atoms with Gasteiger partial charge in [0.05, 0.1) is 18.2 Å². The molecule has 0 atom stereocenters. The Morgan fingerprint density at radius 1 is 1.40 bits per heavy atom. The molecule has 0 aromatic carbocycles. The first kappa shape index (κ1) is 14.4. The molecule has 2 aromatic heterocycles. The Morgan fingerprint density at radius 3 is 2.85 bits per heavy atom. The van der Waals surface area contributed by atoms with Gasteiger partial charge in [0.2, 0.25) is 0 Å². The molecule has 2 aromatic rings.